The highest BCUT2D eigenvalue weighted by Crippen LogP contribution is 2.22. The number of likely N-dealkylation sites (tertiary alicyclic amines) is 1. The summed E-state index contributed by atoms with van der Waals surface area (Å²) in [5.74, 6) is 0.576. The number of benzene rings is 1. The molecule has 0 radical (unpaired) electrons. The van der Waals surface area contributed by atoms with Crippen molar-refractivity contribution in [2.24, 2.45) is 5.92 Å². The van der Waals surface area contributed by atoms with Gasteiger partial charge in [0.15, 0.2) is 0 Å². The van der Waals surface area contributed by atoms with Gasteiger partial charge in [-0.1, -0.05) is 12.1 Å². The van der Waals surface area contributed by atoms with Crippen LogP contribution >= 0.6 is 0 Å². The molecule has 2 heteroatoms. The van der Waals surface area contributed by atoms with Crippen LogP contribution in [0.5, 0.6) is 0 Å². The standard InChI is InChI=1S/C15H22FN/c1-12(2)17-8-4-6-14(11-17)9-13-5-3-7-15(16)10-13/h3,5,7,10,12,14H,4,6,8-9,11H2,1-2H3. The number of piperidine rings is 1. The molecule has 1 atom stereocenters. The lowest BCUT2D eigenvalue weighted by Crippen LogP contribution is -2.40. The van der Waals surface area contributed by atoms with Gasteiger partial charge in [-0.25, -0.2) is 4.39 Å². The lowest BCUT2D eigenvalue weighted by atomic mass is 9.91. The minimum Gasteiger partial charge on any atom is -0.301 e. The largest absolute Gasteiger partial charge is 0.301 e. The molecule has 1 saturated heterocycles. The second-order valence-corrected chi connectivity index (χ2v) is 5.43. The molecule has 1 aromatic carbocycles. The highest BCUT2D eigenvalue weighted by Gasteiger charge is 2.21. The molecular weight excluding hydrogens is 213 g/mol. The Morgan fingerprint density at radius 2 is 2.24 bits per heavy atom. The first-order valence-electron chi connectivity index (χ1n) is 6.63. The summed E-state index contributed by atoms with van der Waals surface area (Å²) < 4.78 is 13.1. The van der Waals surface area contributed by atoms with Crippen LogP contribution in [0.2, 0.25) is 0 Å². The molecule has 0 saturated carbocycles. The van der Waals surface area contributed by atoms with Crippen molar-refractivity contribution in [3.05, 3.63) is 35.6 Å². The fraction of sp³-hybridized carbons (Fsp3) is 0.600. The van der Waals surface area contributed by atoms with E-state index in [0.29, 0.717) is 12.0 Å². The molecule has 1 aliphatic heterocycles. The van der Waals surface area contributed by atoms with Gasteiger partial charge >= 0.3 is 0 Å². The third kappa shape index (κ3) is 3.53. The first-order valence-corrected chi connectivity index (χ1v) is 6.63. The third-order valence-corrected chi connectivity index (χ3v) is 3.69. The molecule has 1 nitrogen and oxygen atoms in total. The van der Waals surface area contributed by atoms with Crippen LogP contribution in [0.25, 0.3) is 0 Å². The van der Waals surface area contributed by atoms with Gasteiger partial charge in [-0.15, -0.1) is 0 Å². The topological polar surface area (TPSA) is 3.24 Å². The van der Waals surface area contributed by atoms with Gasteiger partial charge < -0.3 is 4.90 Å². The van der Waals surface area contributed by atoms with Crippen LogP contribution in [0.15, 0.2) is 24.3 Å². The Labute approximate surface area is 104 Å². The minimum atomic E-state index is -0.112. The van der Waals surface area contributed by atoms with Gasteiger partial charge in [0.2, 0.25) is 0 Å². The summed E-state index contributed by atoms with van der Waals surface area (Å²) >= 11 is 0. The molecule has 17 heavy (non-hydrogen) atoms. The molecule has 1 unspecified atom stereocenters. The lowest BCUT2D eigenvalue weighted by molar-refractivity contribution is 0.139. The number of rotatable bonds is 3. The van der Waals surface area contributed by atoms with Gasteiger partial charge in [0.25, 0.3) is 0 Å². The van der Waals surface area contributed by atoms with E-state index in [2.05, 4.69) is 18.7 Å². The quantitative estimate of drug-likeness (QED) is 0.775. The van der Waals surface area contributed by atoms with E-state index in [1.807, 2.05) is 12.1 Å². The molecule has 0 aromatic heterocycles. The van der Waals surface area contributed by atoms with E-state index < -0.39 is 0 Å². The van der Waals surface area contributed by atoms with Crippen molar-refractivity contribution >= 4 is 0 Å². The number of nitrogens with zero attached hydrogens (tertiary/aromatic N) is 1. The van der Waals surface area contributed by atoms with Crippen molar-refractivity contribution < 1.29 is 4.39 Å². The molecule has 0 spiro atoms. The second-order valence-electron chi connectivity index (χ2n) is 5.43. The zero-order valence-electron chi connectivity index (χ0n) is 10.8. The Kier molecular flexibility index (Phi) is 4.16. The van der Waals surface area contributed by atoms with E-state index in [4.69, 9.17) is 0 Å². The van der Waals surface area contributed by atoms with Gasteiger partial charge in [0.05, 0.1) is 0 Å². The Bertz CT molecular complexity index is 362. The molecule has 1 aliphatic rings. The summed E-state index contributed by atoms with van der Waals surface area (Å²) in [4.78, 5) is 2.54. The molecule has 0 N–H and O–H groups in total. The molecule has 1 aromatic rings. The van der Waals surface area contributed by atoms with E-state index >= 15 is 0 Å². The zero-order chi connectivity index (χ0) is 12.3. The van der Waals surface area contributed by atoms with Crippen molar-refractivity contribution in [3.8, 4) is 0 Å². The Morgan fingerprint density at radius 3 is 2.94 bits per heavy atom. The van der Waals surface area contributed by atoms with Crippen molar-refractivity contribution in [3.63, 3.8) is 0 Å². The normalized spacial score (nSPS) is 22.0. The third-order valence-electron chi connectivity index (χ3n) is 3.69. The number of halogens is 1. The van der Waals surface area contributed by atoms with Crippen LogP contribution in [0, 0.1) is 11.7 Å². The maximum Gasteiger partial charge on any atom is 0.123 e. The molecule has 94 valence electrons. The van der Waals surface area contributed by atoms with Gasteiger partial charge in [0.1, 0.15) is 5.82 Å². The maximum atomic E-state index is 13.1. The molecular formula is C15H22FN. The molecule has 1 heterocycles. The maximum absolute atomic E-state index is 13.1. The average Bonchev–Trinajstić information content (AvgIpc) is 2.29. The van der Waals surface area contributed by atoms with Gasteiger partial charge in [-0.3, -0.25) is 0 Å². The van der Waals surface area contributed by atoms with Gasteiger partial charge in [-0.05, 0) is 63.3 Å². The predicted octanol–water partition coefficient (Wildman–Crippen LogP) is 3.49. The summed E-state index contributed by atoms with van der Waals surface area (Å²) in [5, 5.41) is 0. The van der Waals surface area contributed by atoms with Crippen LogP contribution in [-0.2, 0) is 6.42 Å². The minimum absolute atomic E-state index is 0.112. The molecule has 0 aliphatic carbocycles. The van der Waals surface area contributed by atoms with E-state index in [1.165, 1.54) is 25.5 Å². The van der Waals surface area contributed by atoms with E-state index in [1.54, 1.807) is 6.07 Å². The van der Waals surface area contributed by atoms with Crippen LogP contribution < -0.4 is 0 Å². The average molecular weight is 235 g/mol. The van der Waals surface area contributed by atoms with E-state index in [-0.39, 0.29) is 5.82 Å². The van der Waals surface area contributed by atoms with Crippen molar-refractivity contribution in [1.82, 2.24) is 4.90 Å². The summed E-state index contributed by atoms with van der Waals surface area (Å²) in [6.07, 6.45) is 3.57. The highest BCUT2D eigenvalue weighted by atomic mass is 19.1. The summed E-state index contributed by atoms with van der Waals surface area (Å²) in [7, 11) is 0. The summed E-state index contributed by atoms with van der Waals surface area (Å²) in [5.41, 5.74) is 1.14. The molecule has 2 rings (SSSR count). The smallest absolute Gasteiger partial charge is 0.123 e. The van der Waals surface area contributed by atoms with Crippen LogP contribution in [0.3, 0.4) is 0 Å². The molecule has 1 fully saturated rings. The summed E-state index contributed by atoms with van der Waals surface area (Å²) in [6, 6.07) is 7.68. The van der Waals surface area contributed by atoms with Crippen LogP contribution in [0.4, 0.5) is 4.39 Å². The van der Waals surface area contributed by atoms with Crippen molar-refractivity contribution in [2.45, 2.75) is 39.2 Å². The SMILES string of the molecule is CC(C)N1CCCC(Cc2cccc(F)c2)C1. The van der Waals surface area contributed by atoms with Gasteiger partial charge in [0, 0.05) is 12.6 Å². The fourth-order valence-corrected chi connectivity index (χ4v) is 2.73. The summed E-state index contributed by atoms with van der Waals surface area (Å²) in [6.45, 7) is 6.89. The Morgan fingerprint density at radius 1 is 1.41 bits per heavy atom. The second kappa shape index (κ2) is 5.63. The first-order chi connectivity index (χ1) is 8.15. The van der Waals surface area contributed by atoms with Gasteiger partial charge in [-0.2, -0.15) is 0 Å². The number of hydrogen-bond acceptors (Lipinski definition) is 1. The molecule has 0 bridgehead atoms. The van der Waals surface area contributed by atoms with Crippen LogP contribution in [-0.4, -0.2) is 24.0 Å². The van der Waals surface area contributed by atoms with Crippen molar-refractivity contribution in [2.75, 3.05) is 13.1 Å². The number of hydrogen-bond donors (Lipinski definition) is 0. The van der Waals surface area contributed by atoms with Crippen molar-refractivity contribution in [1.29, 1.82) is 0 Å². The van der Waals surface area contributed by atoms with E-state index in [0.717, 1.165) is 18.5 Å². The van der Waals surface area contributed by atoms with E-state index in [9.17, 15) is 4.39 Å². The Hall–Kier alpha value is -0.890. The van der Waals surface area contributed by atoms with Crippen LogP contribution in [0.1, 0.15) is 32.3 Å². The monoisotopic (exact) mass is 235 g/mol. The molecule has 0 amide bonds. The lowest BCUT2D eigenvalue weighted by Gasteiger charge is -2.35. The highest BCUT2D eigenvalue weighted by molar-refractivity contribution is 5.17. The zero-order valence-corrected chi connectivity index (χ0v) is 10.8. The Balaban J connectivity index is 1.94. The predicted molar refractivity (Wildman–Crippen MR) is 69.5 cm³/mol. The fourth-order valence-electron chi connectivity index (χ4n) is 2.73. The first kappa shape index (κ1) is 12.6.